The topological polar surface area (TPSA) is 45.4 Å². The van der Waals surface area contributed by atoms with E-state index in [1.165, 1.54) is 11.1 Å². The third-order valence-electron chi connectivity index (χ3n) is 3.83. The average molecular weight is 257 g/mol. The van der Waals surface area contributed by atoms with E-state index in [4.69, 9.17) is 4.42 Å². The van der Waals surface area contributed by atoms with Gasteiger partial charge in [0.1, 0.15) is 11.5 Å². The number of hydrogen-bond acceptors (Lipinski definition) is 3. The smallest absolute Gasteiger partial charge is 0.120 e. The lowest BCUT2D eigenvalue weighted by Crippen LogP contribution is -2.24. The Kier molecular flexibility index (Phi) is 3.30. The molecule has 3 rings (SSSR count). The van der Waals surface area contributed by atoms with E-state index in [2.05, 4.69) is 11.4 Å². The molecule has 0 bridgehead atoms. The average Bonchev–Trinajstić information content (AvgIpc) is 2.88. The highest BCUT2D eigenvalue weighted by molar-refractivity contribution is 5.35. The van der Waals surface area contributed by atoms with E-state index in [-0.39, 0.29) is 0 Å². The van der Waals surface area contributed by atoms with E-state index in [0.717, 1.165) is 30.6 Å². The van der Waals surface area contributed by atoms with Crippen LogP contribution in [0.15, 0.2) is 34.9 Å². The van der Waals surface area contributed by atoms with Gasteiger partial charge >= 0.3 is 0 Å². The van der Waals surface area contributed by atoms with Gasteiger partial charge in [0.25, 0.3) is 0 Å². The third-order valence-corrected chi connectivity index (χ3v) is 3.83. The highest BCUT2D eigenvalue weighted by Crippen LogP contribution is 2.31. The fourth-order valence-electron chi connectivity index (χ4n) is 2.79. The molecule has 0 spiro atoms. The molecule has 1 unspecified atom stereocenters. The van der Waals surface area contributed by atoms with Crippen molar-refractivity contribution in [3.05, 3.63) is 53.0 Å². The standard InChI is InChI=1S/C16H19NO2/c1-11-5-6-15(18)12(9-11)10-17-14-3-2-4-16-13(14)7-8-19-16/h5-9,14,17-18H,2-4,10H2,1H3. The van der Waals surface area contributed by atoms with E-state index < -0.39 is 0 Å². The van der Waals surface area contributed by atoms with Crippen LogP contribution in [0.2, 0.25) is 0 Å². The molecule has 1 aromatic heterocycles. The maximum atomic E-state index is 9.86. The second-order valence-electron chi connectivity index (χ2n) is 5.26. The fraction of sp³-hybridized carbons (Fsp3) is 0.375. The maximum absolute atomic E-state index is 9.86. The van der Waals surface area contributed by atoms with Crippen LogP contribution in [-0.2, 0) is 13.0 Å². The molecule has 1 aliphatic carbocycles. The van der Waals surface area contributed by atoms with Crippen LogP contribution in [0.3, 0.4) is 0 Å². The first kappa shape index (κ1) is 12.3. The number of furan rings is 1. The van der Waals surface area contributed by atoms with Gasteiger partial charge < -0.3 is 14.8 Å². The van der Waals surface area contributed by atoms with Crippen molar-refractivity contribution in [1.82, 2.24) is 5.32 Å². The monoisotopic (exact) mass is 257 g/mol. The number of benzene rings is 1. The lowest BCUT2D eigenvalue weighted by atomic mass is 9.93. The summed E-state index contributed by atoms with van der Waals surface area (Å²) in [5, 5.41) is 13.4. The molecule has 2 aromatic rings. The second-order valence-corrected chi connectivity index (χ2v) is 5.26. The van der Waals surface area contributed by atoms with Crippen LogP contribution >= 0.6 is 0 Å². The Morgan fingerprint density at radius 1 is 1.37 bits per heavy atom. The summed E-state index contributed by atoms with van der Waals surface area (Å²) in [5.74, 6) is 1.47. The molecule has 0 saturated carbocycles. The van der Waals surface area contributed by atoms with Crippen LogP contribution in [0, 0.1) is 6.92 Å². The number of phenolic OH excluding ortho intramolecular Hbond substituents is 1. The van der Waals surface area contributed by atoms with Crippen molar-refractivity contribution in [3.8, 4) is 5.75 Å². The zero-order valence-corrected chi connectivity index (χ0v) is 11.1. The Balaban J connectivity index is 1.72. The van der Waals surface area contributed by atoms with Crippen molar-refractivity contribution in [2.75, 3.05) is 0 Å². The normalized spacial score (nSPS) is 18.3. The first-order chi connectivity index (χ1) is 9.24. The highest BCUT2D eigenvalue weighted by Gasteiger charge is 2.22. The Morgan fingerprint density at radius 3 is 3.16 bits per heavy atom. The van der Waals surface area contributed by atoms with Gasteiger partial charge in [-0.25, -0.2) is 0 Å². The molecule has 2 N–H and O–H groups in total. The summed E-state index contributed by atoms with van der Waals surface area (Å²) in [6.07, 6.45) is 5.09. The highest BCUT2D eigenvalue weighted by atomic mass is 16.3. The molecule has 1 atom stereocenters. The molecule has 0 fully saturated rings. The molecule has 3 nitrogen and oxygen atoms in total. The number of aromatic hydroxyl groups is 1. The van der Waals surface area contributed by atoms with Gasteiger partial charge in [-0.2, -0.15) is 0 Å². The summed E-state index contributed by atoms with van der Waals surface area (Å²) in [7, 11) is 0. The quantitative estimate of drug-likeness (QED) is 0.885. The molecule has 1 aromatic carbocycles. The minimum atomic E-state index is 0.336. The van der Waals surface area contributed by atoms with Gasteiger partial charge in [0, 0.05) is 30.1 Å². The van der Waals surface area contributed by atoms with Crippen LogP contribution in [-0.4, -0.2) is 5.11 Å². The molecular formula is C16H19NO2. The van der Waals surface area contributed by atoms with Crippen molar-refractivity contribution in [2.24, 2.45) is 0 Å². The summed E-state index contributed by atoms with van der Waals surface area (Å²) in [6.45, 7) is 2.72. The summed E-state index contributed by atoms with van der Waals surface area (Å²) < 4.78 is 5.49. The van der Waals surface area contributed by atoms with Crippen molar-refractivity contribution < 1.29 is 9.52 Å². The van der Waals surface area contributed by atoms with Gasteiger partial charge in [0.2, 0.25) is 0 Å². The van der Waals surface area contributed by atoms with Crippen molar-refractivity contribution in [2.45, 2.75) is 38.8 Å². The van der Waals surface area contributed by atoms with Gasteiger partial charge in [0.15, 0.2) is 0 Å². The minimum absolute atomic E-state index is 0.336. The fourth-order valence-corrected chi connectivity index (χ4v) is 2.79. The molecule has 19 heavy (non-hydrogen) atoms. The Bertz CT molecular complexity index is 574. The van der Waals surface area contributed by atoms with Crippen molar-refractivity contribution in [1.29, 1.82) is 0 Å². The van der Waals surface area contributed by atoms with Crippen molar-refractivity contribution >= 4 is 0 Å². The zero-order valence-electron chi connectivity index (χ0n) is 11.1. The van der Waals surface area contributed by atoms with Crippen LogP contribution in [0.4, 0.5) is 0 Å². The number of aryl methyl sites for hydroxylation is 2. The zero-order chi connectivity index (χ0) is 13.2. The second kappa shape index (κ2) is 5.10. The summed E-state index contributed by atoms with van der Waals surface area (Å²) in [4.78, 5) is 0. The SMILES string of the molecule is Cc1ccc(O)c(CNC2CCCc3occc32)c1. The first-order valence-corrected chi connectivity index (χ1v) is 6.82. The Labute approximate surface area is 113 Å². The number of hydrogen-bond donors (Lipinski definition) is 2. The summed E-state index contributed by atoms with van der Waals surface area (Å²) in [6, 6.07) is 8.11. The van der Waals surface area contributed by atoms with Crippen LogP contribution in [0.1, 0.15) is 41.3 Å². The van der Waals surface area contributed by atoms with E-state index in [0.29, 0.717) is 18.3 Å². The number of phenols is 1. The number of nitrogens with one attached hydrogen (secondary N) is 1. The number of fused-ring (bicyclic) bond motifs is 1. The molecule has 3 heteroatoms. The molecule has 0 radical (unpaired) electrons. The number of rotatable bonds is 3. The molecule has 0 aliphatic heterocycles. The predicted octanol–water partition coefficient (Wildman–Crippen LogP) is 3.46. The predicted molar refractivity (Wildman–Crippen MR) is 74.1 cm³/mol. The lowest BCUT2D eigenvalue weighted by Gasteiger charge is -2.23. The summed E-state index contributed by atoms with van der Waals surface area (Å²) in [5.41, 5.74) is 3.40. The molecule has 0 amide bonds. The Hall–Kier alpha value is -1.74. The van der Waals surface area contributed by atoms with Gasteiger partial charge in [0.05, 0.1) is 6.26 Å². The van der Waals surface area contributed by atoms with Crippen LogP contribution in [0.5, 0.6) is 5.75 Å². The molecule has 100 valence electrons. The van der Waals surface area contributed by atoms with Gasteiger partial charge in [-0.3, -0.25) is 0 Å². The lowest BCUT2D eigenvalue weighted by molar-refractivity contribution is 0.405. The van der Waals surface area contributed by atoms with Gasteiger partial charge in [-0.1, -0.05) is 17.7 Å². The van der Waals surface area contributed by atoms with Crippen LogP contribution < -0.4 is 5.32 Å². The third kappa shape index (κ3) is 2.51. The van der Waals surface area contributed by atoms with Gasteiger partial charge in [-0.15, -0.1) is 0 Å². The molecule has 1 heterocycles. The molecule has 1 aliphatic rings. The van der Waals surface area contributed by atoms with Gasteiger partial charge in [-0.05, 0) is 31.9 Å². The largest absolute Gasteiger partial charge is 0.508 e. The van der Waals surface area contributed by atoms with E-state index in [9.17, 15) is 5.11 Å². The van der Waals surface area contributed by atoms with Crippen molar-refractivity contribution in [3.63, 3.8) is 0 Å². The maximum Gasteiger partial charge on any atom is 0.120 e. The summed E-state index contributed by atoms with van der Waals surface area (Å²) >= 11 is 0. The molecule has 0 saturated heterocycles. The van der Waals surface area contributed by atoms with Crippen LogP contribution in [0.25, 0.3) is 0 Å². The van der Waals surface area contributed by atoms with E-state index >= 15 is 0 Å². The van der Waals surface area contributed by atoms with E-state index in [1.807, 2.05) is 19.1 Å². The first-order valence-electron chi connectivity index (χ1n) is 6.82. The Morgan fingerprint density at radius 2 is 2.26 bits per heavy atom. The molecular weight excluding hydrogens is 238 g/mol. The van der Waals surface area contributed by atoms with E-state index in [1.54, 1.807) is 12.3 Å². The minimum Gasteiger partial charge on any atom is -0.508 e.